The highest BCUT2D eigenvalue weighted by Gasteiger charge is 2.70. The summed E-state index contributed by atoms with van der Waals surface area (Å²) in [6.07, 6.45) is -0.592. The number of aliphatic hydroxyl groups excluding tert-OH is 6. The molecule has 308 valence electrons. The van der Waals surface area contributed by atoms with Gasteiger partial charge in [0.15, 0.2) is 12.6 Å². The van der Waals surface area contributed by atoms with E-state index in [0.29, 0.717) is 12.3 Å². The number of esters is 1. The third kappa shape index (κ3) is 5.93. The van der Waals surface area contributed by atoms with Gasteiger partial charge in [-0.05, 0) is 111 Å². The number of hydrogen-bond donors (Lipinski definition) is 6. The molecule has 7 aliphatic rings. The van der Waals surface area contributed by atoms with Crippen LogP contribution in [0.4, 0.5) is 0 Å². The summed E-state index contributed by atoms with van der Waals surface area (Å²) in [6, 6.07) is 0. The molecule has 2 heterocycles. The number of aliphatic hydroxyl groups is 6. The Kier molecular flexibility index (Phi) is 10.6. The Labute approximate surface area is 320 Å². The Bertz CT molecular complexity index is 1450. The molecule has 0 unspecified atom stereocenters. The van der Waals surface area contributed by atoms with Gasteiger partial charge in [-0.2, -0.15) is 0 Å². The largest absolute Gasteiger partial charge is 0.469 e. The number of fused-ring (bicyclic) bond motifs is 7. The van der Waals surface area contributed by atoms with Crippen LogP contribution in [0.25, 0.3) is 0 Å². The molecule has 12 heteroatoms. The molecule has 54 heavy (non-hydrogen) atoms. The monoisotopic (exact) mass is 764 g/mol. The van der Waals surface area contributed by atoms with E-state index in [2.05, 4.69) is 47.6 Å². The second-order valence-corrected chi connectivity index (χ2v) is 20.2. The zero-order chi connectivity index (χ0) is 39.4. The zero-order valence-electron chi connectivity index (χ0n) is 33.7. The average Bonchev–Trinajstić information content (AvgIpc) is 3.13. The molecule has 2 saturated heterocycles. The van der Waals surface area contributed by atoms with E-state index in [1.807, 2.05) is 0 Å². The van der Waals surface area contributed by atoms with Crippen LogP contribution in [0.15, 0.2) is 11.6 Å². The first-order chi connectivity index (χ1) is 25.2. The fraction of sp³-hybridized carbons (Fsp3) is 0.929. The van der Waals surface area contributed by atoms with Crippen LogP contribution in [0, 0.1) is 50.2 Å². The first-order valence-electron chi connectivity index (χ1n) is 20.6. The van der Waals surface area contributed by atoms with Crippen LogP contribution in [0.2, 0.25) is 0 Å². The van der Waals surface area contributed by atoms with E-state index in [1.165, 1.54) is 12.5 Å². The van der Waals surface area contributed by atoms with Gasteiger partial charge in [-0.25, -0.2) is 0 Å². The number of carbonyl (C=O) groups is 1. The number of rotatable bonds is 6. The quantitative estimate of drug-likeness (QED) is 0.132. The smallest absolute Gasteiger partial charge is 0.312 e. The molecule has 5 aliphatic carbocycles. The van der Waals surface area contributed by atoms with Gasteiger partial charge in [0.25, 0.3) is 0 Å². The summed E-state index contributed by atoms with van der Waals surface area (Å²) in [7, 11) is 1.54. The molecule has 0 radical (unpaired) electrons. The topological polar surface area (TPSA) is 185 Å². The summed E-state index contributed by atoms with van der Waals surface area (Å²) in [4.78, 5) is 13.6. The number of methoxy groups -OCH3 is 1. The van der Waals surface area contributed by atoms with Crippen LogP contribution in [0.1, 0.15) is 113 Å². The summed E-state index contributed by atoms with van der Waals surface area (Å²) in [6.45, 7) is 15.5. The average molecular weight is 765 g/mol. The van der Waals surface area contributed by atoms with Gasteiger partial charge in [0.05, 0.1) is 37.9 Å². The van der Waals surface area contributed by atoms with Gasteiger partial charge in [0, 0.05) is 5.41 Å². The lowest BCUT2D eigenvalue weighted by molar-refractivity contribution is -0.350. The summed E-state index contributed by atoms with van der Waals surface area (Å²) < 4.78 is 29.4. The molecular weight excluding hydrogens is 696 g/mol. The fourth-order valence-electron chi connectivity index (χ4n) is 13.5. The minimum Gasteiger partial charge on any atom is -0.469 e. The molecule has 18 atom stereocenters. The molecule has 4 saturated carbocycles. The number of allylic oxidation sites excluding steroid dienone is 2. The highest BCUT2D eigenvalue weighted by Crippen LogP contribution is 2.76. The van der Waals surface area contributed by atoms with E-state index in [-0.39, 0.29) is 52.7 Å². The van der Waals surface area contributed by atoms with Gasteiger partial charge < -0.3 is 54.3 Å². The molecule has 0 bridgehead atoms. The SMILES string of the molecule is COC(=O)[C@]12CCC(C)(C)C[C@H]1C1=CC[C@@H]3[C@@]4(C)CC[C@H](O[C@@H]5OC[C@H](O[C@@H]6O[C@@H](C)[C@H](O)[C@@H](O)[C@H]6O)[C@H](O)[C@H]5O)[C@@](C)(CO)[C@@H]4CC[C@@]3(C)[C@]1(C)CC2. The predicted molar refractivity (Wildman–Crippen MR) is 196 cm³/mol. The summed E-state index contributed by atoms with van der Waals surface area (Å²) in [5, 5.41) is 64.3. The van der Waals surface area contributed by atoms with Crippen LogP contribution in [0.3, 0.4) is 0 Å². The van der Waals surface area contributed by atoms with Crippen LogP contribution < -0.4 is 0 Å². The summed E-state index contributed by atoms with van der Waals surface area (Å²) >= 11 is 0. The van der Waals surface area contributed by atoms with Crippen molar-refractivity contribution in [2.24, 2.45) is 50.2 Å². The maximum absolute atomic E-state index is 13.6. The highest BCUT2D eigenvalue weighted by atomic mass is 16.7. The van der Waals surface area contributed by atoms with Crippen molar-refractivity contribution in [3.63, 3.8) is 0 Å². The molecule has 7 rings (SSSR count). The van der Waals surface area contributed by atoms with Crippen molar-refractivity contribution in [2.75, 3.05) is 20.3 Å². The van der Waals surface area contributed by atoms with E-state index >= 15 is 0 Å². The number of carbonyl (C=O) groups excluding carboxylic acids is 1. The fourth-order valence-corrected chi connectivity index (χ4v) is 13.5. The van der Waals surface area contributed by atoms with E-state index < -0.39 is 72.2 Å². The first-order valence-corrected chi connectivity index (χ1v) is 20.6. The van der Waals surface area contributed by atoms with Gasteiger partial charge in [0.2, 0.25) is 0 Å². The predicted octanol–water partition coefficient (Wildman–Crippen LogP) is 3.61. The van der Waals surface area contributed by atoms with E-state index in [9.17, 15) is 35.4 Å². The van der Waals surface area contributed by atoms with Crippen molar-refractivity contribution >= 4 is 5.97 Å². The first kappa shape index (κ1) is 41.0. The van der Waals surface area contributed by atoms with E-state index in [4.69, 9.17) is 23.7 Å². The minimum atomic E-state index is -1.56. The van der Waals surface area contributed by atoms with E-state index in [0.717, 1.165) is 57.8 Å². The second-order valence-electron chi connectivity index (χ2n) is 20.2. The van der Waals surface area contributed by atoms with Gasteiger partial charge in [-0.1, -0.05) is 53.2 Å². The van der Waals surface area contributed by atoms with Crippen molar-refractivity contribution in [3.05, 3.63) is 11.6 Å². The molecule has 6 fully saturated rings. The molecule has 0 aromatic carbocycles. The molecule has 0 aromatic rings. The van der Waals surface area contributed by atoms with Crippen molar-refractivity contribution < 1.29 is 59.1 Å². The van der Waals surface area contributed by atoms with Gasteiger partial charge in [-0.15, -0.1) is 0 Å². The minimum absolute atomic E-state index is 0.000387. The molecule has 12 nitrogen and oxygen atoms in total. The Hall–Kier alpha value is -1.19. The molecular formula is C42H68O12. The third-order valence-electron chi connectivity index (χ3n) is 17.2. The van der Waals surface area contributed by atoms with Crippen LogP contribution in [-0.2, 0) is 28.5 Å². The number of ether oxygens (including phenoxy) is 5. The Balaban J connectivity index is 1.09. The third-order valence-corrected chi connectivity index (χ3v) is 17.2. The molecule has 2 aliphatic heterocycles. The lowest BCUT2D eigenvalue weighted by atomic mass is 9.33. The van der Waals surface area contributed by atoms with Gasteiger partial charge >= 0.3 is 5.97 Å². The molecule has 0 amide bonds. The number of hydrogen-bond acceptors (Lipinski definition) is 12. The zero-order valence-corrected chi connectivity index (χ0v) is 33.7. The van der Waals surface area contributed by atoms with Crippen molar-refractivity contribution in [1.82, 2.24) is 0 Å². The Morgan fingerprint density at radius 1 is 0.815 bits per heavy atom. The van der Waals surface area contributed by atoms with Crippen LogP contribution in [0.5, 0.6) is 0 Å². The van der Waals surface area contributed by atoms with Crippen molar-refractivity contribution in [1.29, 1.82) is 0 Å². The molecule has 6 N–H and O–H groups in total. The Morgan fingerprint density at radius 3 is 2.19 bits per heavy atom. The van der Waals surface area contributed by atoms with Crippen molar-refractivity contribution in [3.8, 4) is 0 Å². The van der Waals surface area contributed by atoms with Gasteiger partial charge in [-0.3, -0.25) is 4.79 Å². The second kappa shape index (κ2) is 14.0. The Morgan fingerprint density at radius 2 is 1.50 bits per heavy atom. The maximum atomic E-state index is 13.6. The van der Waals surface area contributed by atoms with Crippen LogP contribution in [-0.4, -0.2) is 118 Å². The summed E-state index contributed by atoms with van der Waals surface area (Å²) in [5.41, 5.74) is 0.374. The maximum Gasteiger partial charge on any atom is 0.312 e. The molecule has 0 aromatic heterocycles. The molecule has 0 spiro atoms. The van der Waals surface area contributed by atoms with E-state index in [1.54, 1.807) is 7.11 Å². The highest BCUT2D eigenvalue weighted by molar-refractivity contribution is 5.78. The van der Waals surface area contributed by atoms with Crippen LogP contribution >= 0.6 is 0 Å². The standard InChI is InChI=1S/C42H68O12/c1-22-29(44)31(46)33(48)35(52-22)53-25-20-51-34(32(47)30(25)45)54-28-12-13-38(4)26(39(28,5)21-43)11-14-41(7)27(38)10-9-23-24-19-37(2,3)15-17-42(24,36(49)50-8)18-16-40(23,41)6/h9,22,24-35,43-48H,10-21H2,1-8H3/t22-,24-,25-,26+,27+,28-,29-,30-,31+,32+,33+,34-,35-,38-,39-,40+,41+,42-/m0/s1. The lowest BCUT2D eigenvalue weighted by Gasteiger charge is -2.71. The lowest BCUT2D eigenvalue weighted by Crippen LogP contribution is -2.66. The van der Waals surface area contributed by atoms with Gasteiger partial charge in [0.1, 0.15) is 36.6 Å². The summed E-state index contributed by atoms with van der Waals surface area (Å²) in [5.74, 6) is 0.628. The normalized spacial score (nSPS) is 54.3. The van der Waals surface area contributed by atoms with Crippen molar-refractivity contribution in [2.45, 2.75) is 174 Å².